The summed E-state index contributed by atoms with van der Waals surface area (Å²) in [5.74, 6) is 0.835. The van der Waals surface area contributed by atoms with Gasteiger partial charge in [0.15, 0.2) is 11.5 Å². The molecule has 0 spiro atoms. The first-order chi connectivity index (χ1) is 13.1. The molecule has 27 heavy (non-hydrogen) atoms. The minimum Gasteiger partial charge on any atom is -0.493 e. The Balaban J connectivity index is 1.83. The monoisotopic (exact) mass is 367 g/mol. The molecule has 7 nitrogen and oxygen atoms in total. The lowest BCUT2D eigenvalue weighted by atomic mass is 10.2. The van der Waals surface area contributed by atoms with E-state index in [0.717, 1.165) is 5.56 Å². The van der Waals surface area contributed by atoms with Gasteiger partial charge in [-0.05, 0) is 24.6 Å². The summed E-state index contributed by atoms with van der Waals surface area (Å²) in [5.41, 5.74) is 7.98. The molecule has 3 rings (SSSR count). The zero-order valence-corrected chi connectivity index (χ0v) is 15.2. The number of nitrogens with zero attached hydrogens (tertiary/aromatic N) is 2. The second-order valence-electron chi connectivity index (χ2n) is 5.69. The van der Waals surface area contributed by atoms with Gasteiger partial charge in [-0.3, -0.25) is 0 Å². The summed E-state index contributed by atoms with van der Waals surface area (Å²) in [6.45, 7) is 2.43. The van der Waals surface area contributed by atoms with Gasteiger partial charge in [0.25, 0.3) is 0 Å². The van der Waals surface area contributed by atoms with Gasteiger partial charge in [0.1, 0.15) is 18.0 Å². The van der Waals surface area contributed by atoms with Crippen LogP contribution in [0.3, 0.4) is 0 Å². The third-order valence-electron chi connectivity index (χ3n) is 3.93. The van der Waals surface area contributed by atoms with Gasteiger partial charge in [0.05, 0.1) is 25.6 Å². The molecule has 1 aromatic heterocycles. The third-order valence-corrected chi connectivity index (χ3v) is 3.93. The summed E-state index contributed by atoms with van der Waals surface area (Å²) < 4.78 is 17.7. The molecule has 7 heteroatoms. The highest BCUT2D eigenvalue weighted by atomic mass is 16.5. The molecule has 3 aromatic rings. The molecule has 0 fully saturated rings. The fourth-order valence-electron chi connectivity index (χ4n) is 2.57. The van der Waals surface area contributed by atoms with Gasteiger partial charge in [0.2, 0.25) is 0 Å². The van der Waals surface area contributed by atoms with Crippen LogP contribution in [0.15, 0.2) is 54.7 Å². The maximum Gasteiger partial charge on any atom is 0.343 e. The van der Waals surface area contributed by atoms with Crippen molar-refractivity contribution in [2.75, 3.05) is 19.5 Å². The van der Waals surface area contributed by atoms with Crippen LogP contribution in [0, 0.1) is 0 Å². The molecule has 140 valence electrons. The second-order valence-corrected chi connectivity index (χ2v) is 5.69. The van der Waals surface area contributed by atoms with E-state index in [1.807, 2.05) is 30.3 Å². The maximum absolute atomic E-state index is 11.9. The standard InChI is InChI=1S/C20H21N3O4/c1-3-26-20(24)16-12-22-23(19(16)21)15-9-10-17(18(11-15)25-2)27-13-14-7-5-4-6-8-14/h4-12H,3,13,21H2,1-2H3. The molecule has 0 saturated carbocycles. The predicted octanol–water partition coefficient (Wildman–Crippen LogP) is 3.22. The van der Waals surface area contributed by atoms with E-state index < -0.39 is 5.97 Å². The number of aromatic nitrogens is 2. The molecule has 2 aromatic carbocycles. The number of carbonyl (C=O) groups excluding carboxylic acids is 1. The molecule has 0 aliphatic rings. The lowest BCUT2D eigenvalue weighted by Gasteiger charge is -2.13. The molecule has 0 aliphatic heterocycles. The molecular weight excluding hydrogens is 346 g/mol. The van der Waals surface area contributed by atoms with Crippen molar-refractivity contribution in [3.05, 3.63) is 65.9 Å². The van der Waals surface area contributed by atoms with E-state index in [4.69, 9.17) is 19.9 Å². The van der Waals surface area contributed by atoms with Crippen molar-refractivity contribution >= 4 is 11.8 Å². The Bertz CT molecular complexity index is 922. The summed E-state index contributed by atoms with van der Waals surface area (Å²) in [6, 6.07) is 15.2. The zero-order valence-electron chi connectivity index (χ0n) is 15.2. The van der Waals surface area contributed by atoms with Gasteiger partial charge in [0, 0.05) is 6.07 Å². The number of methoxy groups -OCH3 is 1. The Morgan fingerprint density at radius 2 is 1.93 bits per heavy atom. The van der Waals surface area contributed by atoms with Crippen molar-refractivity contribution in [2.45, 2.75) is 13.5 Å². The second kappa shape index (κ2) is 8.27. The fraction of sp³-hybridized carbons (Fsp3) is 0.200. The summed E-state index contributed by atoms with van der Waals surface area (Å²) in [4.78, 5) is 11.9. The number of ether oxygens (including phenoxy) is 3. The van der Waals surface area contributed by atoms with Crippen molar-refractivity contribution < 1.29 is 19.0 Å². The fourth-order valence-corrected chi connectivity index (χ4v) is 2.57. The van der Waals surface area contributed by atoms with E-state index in [2.05, 4.69) is 5.10 Å². The van der Waals surface area contributed by atoms with E-state index in [1.54, 1.807) is 32.2 Å². The molecule has 0 aliphatic carbocycles. The van der Waals surface area contributed by atoms with Crippen LogP contribution in [-0.4, -0.2) is 29.5 Å². The van der Waals surface area contributed by atoms with Crippen molar-refractivity contribution in [1.29, 1.82) is 0 Å². The predicted molar refractivity (Wildman–Crippen MR) is 101 cm³/mol. The Morgan fingerprint density at radius 3 is 2.63 bits per heavy atom. The van der Waals surface area contributed by atoms with Crippen molar-refractivity contribution in [2.24, 2.45) is 0 Å². The lowest BCUT2D eigenvalue weighted by Crippen LogP contribution is -2.09. The Morgan fingerprint density at radius 1 is 1.15 bits per heavy atom. The Kier molecular flexibility index (Phi) is 5.61. The highest BCUT2D eigenvalue weighted by Crippen LogP contribution is 2.31. The summed E-state index contributed by atoms with van der Waals surface area (Å²) in [5, 5.41) is 4.18. The topological polar surface area (TPSA) is 88.6 Å². The van der Waals surface area contributed by atoms with Crippen LogP contribution < -0.4 is 15.2 Å². The number of benzene rings is 2. The maximum atomic E-state index is 11.9. The number of carbonyl (C=O) groups is 1. The van der Waals surface area contributed by atoms with Gasteiger partial charge in [-0.15, -0.1) is 0 Å². The van der Waals surface area contributed by atoms with Gasteiger partial charge < -0.3 is 19.9 Å². The lowest BCUT2D eigenvalue weighted by molar-refractivity contribution is 0.0527. The molecule has 0 amide bonds. The average Bonchev–Trinajstić information content (AvgIpc) is 3.08. The van der Waals surface area contributed by atoms with Crippen LogP contribution in [0.4, 0.5) is 5.82 Å². The van der Waals surface area contributed by atoms with E-state index in [0.29, 0.717) is 23.8 Å². The summed E-state index contributed by atoms with van der Waals surface area (Å²) in [6.07, 6.45) is 1.39. The minimum absolute atomic E-state index is 0.202. The highest BCUT2D eigenvalue weighted by Gasteiger charge is 2.18. The van der Waals surface area contributed by atoms with Crippen LogP contribution in [0.2, 0.25) is 0 Å². The molecule has 1 heterocycles. The smallest absolute Gasteiger partial charge is 0.343 e. The first-order valence-electron chi connectivity index (χ1n) is 8.49. The number of hydrogen-bond acceptors (Lipinski definition) is 6. The number of nitrogen functional groups attached to an aromatic ring is 1. The third kappa shape index (κ3) is 4.03. The van der Waals surface area contributed by atoms with Gasteiger partial charge in [-0.2, -0.15) is 5.10 Å². The normalized spacial score (nSPS) is 10.4. The molecule has 0 atom stereocenters. The summed E-state index contributed by atoms with van der Waals surface area (Å²) >= 11 is 0. The number of anilines is 1. The number of esters is 1. The van der Waals surface area contributed by atoms with Crippen molar-refractivity contribution in [3.8, 4) is 17.2 Å². The largest absolute Gasteiger partial charge is 0.493 e. The first-order valence-corrected chi connectivity index (χ1v) is 8.49. The van der Waals surface area contributed by atoms with Crippen LogP contribution in [-0.2, 0) is 11.3 Å². The Hall–Kier alpha value is -3.48. The van der Waals surface area contributed by atoms with Crippen LogP contribution in [0.25, 0.3) is 5.69 Å². The Labute approximate surface area is 157 Å². The minimum atomic E-state index is -0.504. The van der Waals surface area contributed by atoms with E-state index in [-0.39, 0.29) is 18.0 Å². The van der Waals surface area contributed by atoms with E-state index in [1.165, 1.54) is 10.9 Å². The van der Waals surface area contributed by atoms with Crippen LogP contribution in [0.5, 0.6) is 11.5 Å². The molecule has 0 saturated heterocycles. The molecule has 0 bridgehead atoms. The van der Waals surface area contributed by atoms with Gasteiger partial charge in [-0.1, -0.05) is 30.3 Å². The first kappa shape index (κ1) is 18.3. The van der Waals surface area contributed by atoms with Gasteiger partial charge in [-0.25, -0.2) is 9.48 Å². The van der Waals surface area contributed by atoms with E-state index >= 15 is 0 Å². The van der Waals surface area contributed by atoms with E-state index in [9.17, 15) is 4.79 Å². The van der Waals surface area contributed by atoms with Gasteiger partial charge >= 0.3 is 5.97 Å². The highest BCUT2D eigenvalue weighted by molar-refractivity contribution is 5.94. The van der Waals surface area contributed by atoms with Crippen LogP contribution in [0.1, 0.15) is 22.8 Å². The molecule has 2 N–H and O–H groups in total. The quantitative estimate of drug-likeness (QED) is 0.645. The average molecular weight is 367 g/mol. The number of hydrogen-bond donors (Lipinski definition) is 1. The zero-order chi connectivity index (χ0) is 19.2. The van der Waals surface area contributed by atoms with Crippen molar-refractivity contribution in [1.82, 2.24) is 9.78 Å². The SMILES string of the molecule is CCOC(=O)c1cnn(-c2ccc(OCc3ccccc3)c(OC)c2)c1N. The molecule has 0 radical (unpaired) electrons. The van der Waals surface area contributed by atoms with Crippen LogP contribution >= 0.6 is 0 Å². The summed E-state index contributed by atoms with van der Waals surface area (Å²) in [7, 11) is 1.56. The number of nitrogens with two attached hydrogens (primary N) is 1. The number of rotatable bonds is 7. The molecule has 0 unspecified atom stereocenters. The van der Waals surface area contributed by atoms with Crippen molar-refractivity contribution in [3.63, 3.8) is 0 Å². The molecular formula is C20H21N3O4.